The van der Waals surface area contributed by atoms with Gasteiger partial charge < -0.3 is 18.9 Å². The normalized spacial score (nSPS) is 30.6. The Hall–Kier alpha value is -4.57. The molecule has 0 saturated heterocycles. The van der Waals surface area contributed by atoms with Crippen molar-refractivity contribution in [3.8, 4) is 0 Å². The molecule has 0 amide bonds. The zero-order valence-electron chi connectivity index (χ0n) is 36.8. The molecule has 0 bridgehead atoms. The van der Waals surface area contributed by atoms with E-state index in [1.54, 1.807) is 0 Å². The molecule has 4 aliphatic carbocycles. The number of fused-ring (bicyclic) bond motifs is 5. The molecule has 3 aromatic carbocycles. The Morgan fingerprint density at radius 2 is 1.21 bits per heavy atom. The zero-order valence-corrected chi connectivity index (χ0v) is 36.8. The lowest BCUT2D eigenvalue weighted by atomic mass is 9.43. The highest BCUT2D eigenvalue weighted by atomic mass is 16.5. The van der Waals surface area contributed by atoms with Crippen LogP contribution in [0.4, 0.5) is 0 Å². The fraction of sp³-hybridized carbons (Fsp3) is 0.633. The zero-order chi connectivity index (χ0) is 43.4. The summed E-state index contributed by atoms with van der Waals surface area (Å²) in [5, 5.41) is 11.4. The van der Waals surface area contributed by atoms with E-state index in [0.717, 1.165) is 74.5 Å². The minimum atomic E-state index is -0.750. The lowest BCUT2D eigenvalue weighted by Gasteiger charge is -2.64. The SMILES string of the molecule is C[C@H](CCCOC(c1ccccc1)(c1ccccc1)c1ccccc1)[C@H]1CC[C@H]2[C@@H]3[C@H](OCCN=[N+]=[N-])C[C@@H]4CC(OCCN=[N+]=[N-])CC[C@]4(C)[C@H]3C[C@H](OCCN=[N+]=[N-])[C@]12C. The standard InChI is InChI=1S/C49H65N9O4/c1-35(14-13-28-62-49(36-15-7-4-8-16-36,37-17-9-5-10-18-37)38-19-11-6-12-20-38)41-21-22-42-46-43(34-45(48(41,42)3)61-31-27-55-58-52)47(2)24-23-40(59-29-25-53-56-50)32-39(47)33-44(46)60-30-26-54-57-51/h4-12,15-20,35,39-46H,13-14,21-34H2,1-3H3/t35-,39+,40?,41-,42+,43+,44-,45+,46+,47+,48-/m1/s1. The van der Waals surface area contributed by atoms with E-state index >= 15 is 0 Å². The monoisotopic (exact) mass is 844 g/mol. The fourth-order valence-corrected chi connectivity index (χ4v) is 13.1. The quantitative estimate of drug-likeness (QED) is 0.0340. The van der Waals surface area contributed by atoms with Crippen LogP contribution < -0.4 is 0 Å². The van der Waals surface area contributed by atoms with Gasteiger partial charge in [0.1, 0.15) is 5.60 Å². The van der Waals surface area contributed by atoms with Gasteiger partial charge in [-0.05, 0) is 132 Å². The summed E-state index contributed by atoms with van der Waals surface area (Å²) in [7, 11) is 0. The smallest absolute Gasteiger partial charge is 0.143 e. The molecule has 0 aliphatic heterocycles. The van der Waals surface area contributed by atoms with E-state index in [4.69, 9.17) is 35.5 Å². The Labute approximate surface area is 367 Å². The van der Waals surface area contributed by atoms with Crippen molar-refractivity contribution < 1.29 is 18.9 Å². The van der Waals surface area contributed by atoms with Crippen LogP contribution in [-0.4, -0.2) is 64.4 Å². The molecule has 4 aliphatic rings. The van der Waals surface area contributed by atoms with Crippen molar-refractivity contribution in [2.75, 3.05) is 46.1 Å². The average molecular weight is 844 g/mol. The maximum Gasteiger partial charge on any atom is 0.143 e. The Bertz CT molecular complexity index is 1930. The van der Waals surface area contributed by atoms with Crippen molar-refractivity contribution in [1.82, 2.24) is 0 Å². The van der Waals surface area contributed by atoms with Crippen molar-refractivity contribution in [3.05, 3.63) is 139 Å². The third kappa shape index (κ3) is 9.36. The predicted octanol–water partition coefficient (Wildman–Crippen LogP) is 12.4. The van der Waals surface area contributed by atoms with Crippen LogP contribution in [0.15, 0.2) is 106 Å². The van der Waals surface area contributed by atoms with Crippen LogP contribution >= 0.6 is 0 Å². The van der Waals surface area contributed by atoms with Gasteiger partial charge in [0.25, 0.3) is 0 Å². The number of rotatable bonds is 21. The van der Waals surface area contributed by atoms with Gasteiger partial charge in [-0.1, -0.05) is 127 Å². The molecule has 4 saturated carbocycles. The topological polar surface area (TPSA) is 183 Å². The molecule has 13 nitrogen and oxygen atoms in total. The van der Waals surface area contributed by atoms with Gasteiger partial charge in [-0.3, -0.25) is 0 Å². The van der Waals surface area contributed by atoms with Crippen molar-refractivity contribution in [3.63, 3.8) is 0 Å². The highest BCUT2D eigenvalue weighted by Crippen LogP contribution is 2.69. The first-order valence-electron chi connectivity index (χ1n) is 23.0. The van der Waals surface area contributed by atoms with E-state index in [1.165, 1.54) is 0 Å². The molecular weight excluding hydrogens is 779 g/mol. The van der Waals surface area contributed by atoms with E-state index in [0.29, 0.717) is 81.6 Å². The first-order valence-corrected chi connectivity index (χ1v) is 23.0. The third-order valence-corrected chi connectivity index (χ3v) is 15.9. The molecular formula is C49H65N9O4. The second-order valence-electron chi connectivity index (χ2n) is 18.7. The van der Waals surface area contributed by atoms with Crippen LogP contribution in [0.3, 0.4) is 0 Å². The maximum absolute atomic E-state index is 9.14. The van der Waals surface area contributed by atoms with E-state index in [2.05, 4.69) is 142 Å². The van der Waals surface area contributed by atoms with Gasteiger partial charge in [-0.2, -0.15) is 0 Å². The van der Waals surface area contributed by atoms with Gasteiger partial charge in [-0.15, -0.1) is 0 Å². The summed E-state index contributed by atoms with van der Waals surface area (Å²) in [5.41, 5.74) is 29.5. The number of nitrogens with zero attached hydrogens (tertiary/aromatic N) is 9. The van der Waals surface area contributed by atoms with Crippen LogP contribution in [0.2, 0.25) is 0 Å². The molecule has 0 N–H and O–H groups in total. The average Bonchev–Trinajstić information content (AvgIpc) is 3.67. The van der Waals surface area contributed by atoms with Crippen molar-refractivity contribution in [1.29, 1.82) is 0 Å². The minimum absolute atomic E-state index is 0.00738. The van der Waals surface area contributed by atoms with Gasteiger partial charge in [0, 0.05) is 46.4 Å². The Balaban J connectivity index is 1.13. The third-order valence-electron chi connectivity index (χ3n) is 15.9. The summed E-state index contributed by atoms with van der Waals surface area (Å²) in [6.45, 7) is 10.2. The van der Waals surface area contributed by atoms with E-state index in [1.807, 2.05) is 0 Å². The lowest BCUT2D eigenvalue weighted by Crippen LogP contribution is -2.63. The maximum atomic E-state index is 9.14. The number of hydrogen-bond donors (Lipinski definition) is 0. The molecule has 330 valence electrons. The van der Waals surface area contributed by atoms with Gasteiger partial charge in [0.2, 0.25) is 0 Å². The first kappa shape index (κ1) is 45.5. The number of azide groups is 3. The Morgan fingerprint density at radius 3 is 1.77 bits per heavy atom. The largest absolute Gasteiger partial charge is 0.378 e. The Kier molecular flexibility index (Phi) is 15.5. The van der Waals surface area contributed by atoms with Gasteiger partial charge in [0.05, 0.1) is 38.1 Å². The minimum Gasteiger partial charge on any atom is -0.378 e. The van der Waals surface area contributed by atoms with Crippen LogP contribution in [0.1, 0.15) is 95.2 Å². The number of benzene rings is 3. The summed E-state index contributed by atoms with van der Waals surface area (Å²) < 4.78 is 27.3. The van der Waals surface area contributed by atoms with Gasteiger partial charge in [-0.25, -0.2) is 0 Å². The molecule has 0 spiro atoms. The molecule has 0 aromatic heterocycles. The highest BCUT2D eigenvalue weighted by molar-refractivity contribution is 5.47. The summed E-state index contributed by atoms with van der Waals surface area (Å²) >= 11 is 0. The molecule has 7 rings (SSSR count). The van der Waals surface area contributed by atoms with Crippen LogP contribution in [0, 0.1) is 46.3 Å². The van der Waals surface area contributed by atoms with Crippen molar-refractivity contribution >= 4 is 0 Å². The van der Waals surface area contributed by atoms with Crippen LogP contribution in [-0.2, 0) is 24.5 Å². The van der Waals surface area contributed by atoms with E-state index in [9.17, 15) is 0 Å². The number of hydrogen-bond acceptors (Lipinski definition) is 7. The molecule has 62 heavy (non-hydrogen) atoms. The Morgan fingerprint density at radius 1 is 0.661 bits per heavy atom. The second kappa shape index (κ2) is 21.2. The van der Waals surface area contributed by atoms with Crippen LogP contribution in [0.25, 0.3) is 31.3 Å². The van der Waals surface area contributed by atoms with Gasteiger partial charge >= 0.3 is 0 Å². The second-order valence-corrected chi connectivity index (χ2v) is 18.7. The lowest BCUT2D eigenvalue weighted by molar-refractivity contribution is -0.226. The summed E-state index contributed by atoms with van der Waals surface area (Å²) in [5.74, 6) is 2.34. The molecule has 13 heteroatoms. The van der Waals surface area contributed by atoms with Gasteiger partial charge in [0.15, 0.2) is 0 Å². The summed E-state index contributed by atoms with van der Waals surface area (Å²) in [4.78, 5) is 8.93. The highest BCUT2D eigenvalue weighted by Gasteiger charge is 2.66. The predicted molar refractivity (Wildman–Crippen MR) is 241 cm³/mol. The molecule has 3 aromatic rings. The summed E-state index contributed by atoms with van der Waals surface area (Å²) in [6, 6.07) is 31.8. The van der Waals surface area contributed by atoms with Crippen LogP contribution in [0.5, 0.6) is 0 Å². The molecule has 11 atom stereocenters. The number of ether oxygens (including phenoxy) is 4. The van der Waals surface area contributed by atoms with Crippen molar-refractivity contribution in [2.45, 2.75) is 102 Å². The molecule has 0 heterocycles. The molecule has 0 radical (unpaired) electrons. The fourth-order valence-electron chi connectivity index (χ4n) is 13.1. The van der Waals surface area contributed by atoms with Crippen molar-refractivity contribution in [2.24, 2.45) is 61.7 Å². The molecule has 1 unspecified atom stereocenters. The summed E-state index contributed by atoms with van der Waals surface area (Å²) in [6.07, 6.45) is 9.18. The van der Waals surface area contributed by atoms with E-state index < -0.39 is 5.60 Å². The molecule has 4 fully saturated rings. The first-order chi connectivity index (χ1) is 30.3. The van der Waals surface area contributed by atoms with E-state index in [-0.39, 0.29) is 29.1 Å².